The molecule has 0 amide bonds. The number of hydrogen-bond donors (Lipinski definition) is 1. The van der Waals surface area contributed by atoms with Gasteiger partial charge in [0.1, 0.15) is 17.6 Å². The van der Waals surface area contributed by atoms with Crippen LogP contribution in [-0.4, -0.2) is 11.4 Å². The van der Waals surface area contributed by atoms with Crippen LogP contribution in [0.5, 0.6) is 11.5 Å². The third kappa shape index (κ3) is 2.56. The standard InChI is InChI=1S/C17H15BrO3/c1-10-7-11(9-19)15(20)8-17(10)21-16-6-5-12-13(16)3-2-4-14(12)18/h2-4,7-9,16,20H,5-6H2,1H3/t16-/m0/s1. The summed E-state index contributed by atoms with van der Waals surface area (Å²) in [5, 5.41) is 9.81. The number of hydrogen-bond acceptors (Lipinski definition) is 3. The summed E-state index contributed by atoms with van der Waals surface area (Å²) in [4.78, 5) is 10.8. The Morgan fingerprint density at radius 2 is 2.19 bits per heavy atom. The molecule has 1 aliphatic rings. The molecule has 0 bridgehead atoms. The average Bonchev–Trinajstić information content (AvgIpc) is 2.87. The van der Waals surface area contributed by atoms with E-state index in [1.54, 1.807) is 6.07 Å². The highest BCUT2D eigenvalue weighted by molar-refractivity contribution is 9.10. The van der Waals surface area contributed by atoms with Crippen molar-refractivity contribution in [2.45, 2.75) is 25.9 Å². The van der Waals surface area contributed by atoms with Crippen LogP contribution in [0.2, 0.25) is 0 Å². The molecule has 0 aromatic heterocycles. The lowest BCUT2D eigenvalue weighted by Crippen LogP contribution is -2.05. The van der Waals surface area contributed by atoms with Gasteiger partial charge in [0.15, 0.2) is 6.29 Å². The highest BCUT2D eigenvalue weighted by atomic mass is 79.9. The highest BCUT2D eigenvalue weighted by Crippen LogP contribution is 2.40. The van der Waals surface area contributed by atoms with E-state index in [0.717, 1.165) is 22.9 Å². The Labute approximate surface area is 131 Å². The average molecular weight is 347 g/mol. The van der Waals surface area contributed by atoms with E-state index in [-0.39, 0.29) is 17.4 Å². The number of halogens is 1. The number of aryl methyl sites for hydroxylation is 1. The van der Waals surface area contributed by atoms with Crippen molar-refractivity contribution in [1.82, 2.24) is 0 Å². The van der Waals surface area contributed by atoms with E-state index < -0.39 is 0 Å². The molecule has 0 saturated carbocycles. The Morgan fingerprint density at radius 3 is 2.95 bits per heavy atom. The fourth-order valence-electron chi connectivity index (χ4n) is 2.77. The smallest absolute Gasteiger partial charge is 0.153 e. The fourth-order valence-corrected chi connectivity index (χ4v) is 3.35. The van der Waals surface area contributed by atoms with E-state index in [9.17, 15) is 9.90 Å². The number of fused-ring (bicyclic) bond motifs is 1. The van der Waals surface area contributed by atoms with Gasteiger partial charge in [-0.05, 0) is 48.6 Å². The van der Waals surface area contributed by atoms with E-state index in [1.165, 1.54) is 17.2 Å². The van der Waals surface area contributed by atoms with E-state index >= 15 is 0 Å². The molecule has 1 aliphatic carbocycles. The van der Waals surface area contributed by atoms with Crippen molar-refractivity contribution in [2.24, 2.45) is 0 Å². The third-order valence-electron chi connectivity index (χ3n) is 3.88. The molecule has 3 rings (SSSR count). The Bertz CT molecular complexity index is 709. The minimum absolute atomic E-state index is 0.0160. The van der Waals surface area contributed by atoms with Gasteiger partial charge >= 0.3 is 0 Å². The summed E-state index contributed by atoms with van der Waals surface area (Å²) in [7, 11) is 0. The number of phenolic OH excluding ortho intramolecular Hbond substituents is 1. The molecule has 0 saturated heterocycles. The molecule has 21 heavy (non-hydrogen) atoms. The van der Waals surface area contributed by atoms with Crippen LogP contribution in [0.25, 0.3) is 0 Å². The van der Waals surface area contributed by atoms with Crippen LogP contribution in [0.3, 0.4) is 0 Å². The van der Waals surface area contributed by atoms with Gasteiger partial charge < -0.3 is 9.84 Å². The van der Waals surface area contributed by atoms with Crippen molar-refractivity contribution in [3.8, 4) is 11.5 Å². The first-order valence-electron chi connectivity index (χ1n) is 6.83. The van der Waals surface area contributed by atoms with Gasteiger partial charge in [-0.1, -0.05) is 28.1 Å². The summed E-state index contributed by atoms with van der Waals surface area (Å²) in [6.07, 6.45) is 2.51. The Hall–Kier alpha value is -1.81. The quantitative estimate of drug-likeness (QED) is 0.840. The highest BCUT2D eigenvalue weighted by Gasteiger charge is 2.26. The summed E-state index contributed by atoms with van der Waals surface area (Å²) in [6.45, 7) is 1.87. The Kier molecular flexibility index (Phi) is 3.72. The van der Waals surface area contributed by atoms with Gasteiger partial charge in [0.05, 0.1) is 5.56 Å². The molecule has 1 N–H and O–H groups in total. The molecule has 0 unspecified atom stereocenters. The first kappa shape index (κ1) is 14.1. The minimum Gasteiger partial charge on any atom is -0.507 e. The van der Waals surface area contributed by atoms with Crippen LogP contribution in [0.1, 0.15) is 39.6 Å². The second-order valence-electron chi connectivity index (χ2n) is 5.25. The zero-order valence-electron chi connectivity index (χ0n) is 11.6. The van der Waals surface area contributed by atoms with Crippen molar-refractivity contribution < 1.29 is 14.6 Å². The number of rotatable bonds is 3. The van der Waals surface area contributed by atoms with E-state index in [1.807, 2.05) is 19.1 Å². The number of phenols is 1. The topological polar surface area (TPSA) is 46.5 Å². The lowest BCUT2D eigenvalue weighted by atomic mass is 10.1. The van der Waals surface area contributed by atoms with Gasteiger partial charge in [0, 0.05) is 10.5 Å². The zero-order chi connectivity index (χ0) is 15.0. The molecule has 3 nitrogen and oxygen atoms in total. The van der Waals surface area contributed by atoms with Gasteiger partial charge in [-0.25, -0.2) is 0 Å². The second kappa shape index (κ2) is 5.53. The Morgan fingerprint density at radius 1 is 1.38 bits per heavy atom. The molecular weight excluding hydrogens is 332 g/mol. The first-order chi connectivity index (χ1) is 10.1. The zero-order valence-corrected chi connectivity index (χ0v) is 13.2. The van der Waals surface area contributed by atoms with E-state index in [2.05, 4.69) is 22.0 Å². The maximum absolute atomic E-state index is 10.8. The van der Waals surface area contributed by atoms with Gasteiger partial charge in [-0.3, -0.25) is 4.79 Å². The van der Waals surface area contributed by atoms with Crippen LogP contribution in [0.15, 0.2) is 34.8 Å². The maximum atomic E-state index is 10.8. The van der Waals surface area contributed by atoms with E-state index in [0.29, 0.717) is 12.0 Å². The molecule has 2 aromatic rings. The van der Waals surface area contributed by atoms with Crippen LogP contribution < -0.4 is 4.74 Å². The normalized spacial score (nSPS) is 16.6. The fraction of sp³-hybridized carbons (Fsp3) is 0.235. The molecule has 0 heterocycles. The third-order valence-corrected chi connectivity index (χ3v) is 4.62. The largest absolute Gasteiger partial charge is 0.507 e. The Balaban J connectivity index is 1.91. The first-order valence-corrected chi connectivity index (χ1v) is 7.62. The number of aromatic hydroxyl groups is 1. The molecule has 2 aromatic carbocycles. The van der Waals surface area contributed by atoms with Gasteiger partial charge in [0.2, 0.25) is 0 Å². The maximum Gasteiger partial charge on any atom is 0.153 e. The molecular formula is C17H15BrO3. The summed E-state index contributed by atoms with van der Waals surface area (Å²) >= 11 is 3.57. The molecule has 0 fully saturated rings. The number of carbonyl (C=O) groups excluding carboxylic acids is 1. The molecule has 4 heteroatoms. The molecule has 0 spiro atoms. The molecule has 1 atom stereocenters. The molecule has 0 aliphatic heterocycles. The van der Waals surface area contributed by atoms with Crippen LogP contribution in [0, 0.1) is 6.92 Å². The number of carbonyl (C=O) groups is 1. The van der Waals surface area contributed by atoms with Crippen molar-refractivity contribution >= 4 is 22.2 Å². The number of benzene rings is 2. The SMILES string of the molecule is Cc1cc(C=O)c(O)cc1O[C@H]1CCc2c(Br)cccc21. The van der Waals surface area contributed by atoms with Crippen molar-refractivity contribution in [1.29, 1.82) is 0 Å². The number of aldehydes is 1. The van der Waals surface area contributed by atoms with E-state index in [4.69, 9.17) is 4.74 Å². The monoisotopic (exact) mass is 346 g/mol. The van der Waals surface area contributed by atoms with Gasteiger partial charge in [-0.2, -0.15) is 0 Å². The summed E-state index contributed by atoms with van der Waals surface area (Å²) < 4.78 is 7.18. The van der Waals surface area contributed by atoms with Crippen molar-refractivity contribution in [2.75, 3.05) is 0 Å². The lowest BCUT2D eigenvalue weighted by molar-refractivity contribution is 0.112. The van der Waals surface area contributed by atoms with Gasteiger partial charge in [-0.15, -0.1) is 0 Å². The predicted molar refractivity (Wildman–Crippen MR) is 84.1 cm³/mol. The molecule has 0 radical (unpaired) electrons. The lowest BCUT2D eigenvalue weighted by Gasteiger charge is -2.17. The van der Waals surface area contributed by atoms with Crippen LogP contribution in [0.4, 0.5) is 0 Å². The second-order valence-corrected chi connectivity index (χ2v) is 6.10. The summed E-state index contributed by atoms with van der Waals surface area (Å²) in [5.41, 5.74) is 3.60. The van der Waals surface area contributed by atoms with Crippen molar-refractivity contribution in [3.63, 3.8) is 0 Å². The van der Waals surface area contributed by atoms with Gasteiger partial charge in [0.25, 0.3) is 0 Å². The van der Waals surface area contributed by atoms with Crippen LogP contribution in [-0.2, 0) is 6.42 Å². The predicted octanol–water partition coefficient (Wildman–Crippen LogP) is 4.34. The van der Waals surface area contributed by atoms with Crippen LogP contribution >= 0.6 is 15.9 Å². The number of ether oxygens (including phenoxy) is 1. The summed E-state index contributed by atoms with van der Waals surface area (Å²) in [6, 6.07) is 9.29. The van der Waals surface area contributed by atoms with Crippen molar-refractivity contribution in [3.05, 3.63) is 57.1 Å². The molecule has 108 valence electrons. The summed E-state index contributed by atoms with van der Waals surface area (Å²) in [5.74, 6) is 0.578. The minimum atomic E-state index is -0.0435.